The van der Waals surface area contributed by atoms with Gasteiger partial charge in [0.05, 0.1) is 10.2 Å². The smallest absolute Gasteiger partial charge is 0.160 e. The van der Waals surface area contributed by atoms with E-state index in [0.29, 0.717) is 5.92 Å². The van der Waals surface area contributed by atoms with Crippen LogP contribution in [0.25, 0.3) is 0 Å². The van der Waals surface area contributed by atoms with Crippen LogP contribution in [0.1, 0.15) is 44.8 Å². The van der Waals surface area contributed by atoms with Gasteiger partial charge in [0.1, 0.15) is 11.9 Å². The van der Waals surface area contributed by atoms with Crippen molar-refractivity contribution in [2.45, 2.75) is 39.7 Å². The minimum absolute atomic E-state index is 0.0687. The molecule has 1 N–H and O–H groups in total. The molecule has 4 nitrogen and oxygen atoms in total. The molecule has 102 valence electrons. The van der Waals surface area contributed by atoms with Crippen molar-refractivity contribution in [3.05, 3.63) is 16.0 Å². The van der Waals surface area contributed by atoms with Crippen molar-refractivity contribution in [2.75, 3.05) is 19.5 Å². The van der Waals surface area contributed by atoms with Gasteiger partial charge in [0, 0.05) is 14.2 Å². The summed E-state index contributed by atoms with van der Waals surface area (Å²) in [4.78, 5) is 9.17. The highest BCUT2D eigenvalue weighted by molar-refractivity contribution is 9.10. The molecule has 0 aromatic carbocycles. The number of aryl methyl sites for hydroxylation is 1. The number of rotatable bonds is 6. The summed E-state index contributed by atoms with van der Waals surface area (Å²) in [6.07, 6.45) is 1.91. The molecule has 1 atom stereocenters. The van der Waals surface area contributed by atoms with Gasteiger partial charge in [-0.25, -0.2) is 9.97 Å². The largest absolute Gasteiger partial charge is 0.373 e. The molecule has 0 saturated heterocycles. The Labute approximate surface area is 118 Å². The van der Waals surface area contributed by atoms with Crippen LogP contribution in [0.3, 0.4) is 0 Å². The van der Waals surface area contributed by atoms with Crippen LogP contribution in [0, 0.1) is 5.92 Å². The highest BCUT2D eigenvalue weighted by atomic mass is 79.9. The van der Waals surface area contributed by atoms with Gasteiger partial charge in [-0.05, 0) is 28.3 Å². The molecule has 0 bridgehead atoms. The van der Waals surface area contributed by atoms with Crippen LogP contribution >= 0.6 is 15.9 Å². The predicted molar refractivity (Wildman–Crippen MR) is 77.9 cm³/mol. The van der Waals surface area contributed by atoms with E-state index < -0.39 is 0 Å². The molecule has 1 unspecified atom stereocenters. The van der Waals surface area contributed by atoms with Crippen LogP contribution in [-0.2, 0) is 11.2 Å². The summed E-state index contributed by atoms with van der Waals surface area (Å²) in [6, 6.07) is 0. The van der Waals surface area contributed by atoms with E-state index in [1.54, 1.807) is 7.11 Å². The second-order valence-electron chi connectivity index (χ2n) is 4.59. The summed E-state index contributed by atoms with van der Waals surface area (Å²) in [5.41, 5.74) is 1.04. The topological polar surface area (TPSA) is 47.0 Å². The Hall–Kier alpha value is -0.680. The molecule has 0 aliphatic carbocycles. The van der Waals surface area contributed by atoms with Gasteiger partial charge in [-0.15, -0.1) is 0 Å². The third kappa shape index (κ3) is 3.42. The molecule has 1 aromatic rings. The number of methoxy groups -OCH3 is 1. The van der Waals surface area contributed by atoms with E-state index in [1.165, 1.54) is 0 Å². The number of anilines is 1. The van der Waals surface area contributed by atoms with E-state index in [2.05, 4.69) is 52.0 Å². The Morgan fingerprint density at radius 2 is 2.00 bits per heavy atom. The monoisotopic (exact) mass is 315 g/mol. The number of hydrogen-bond acceptors (Lipinski definition) is 4. The molecule has 5 heteroatoms. The van der Waals surface area contributed by atoms with Crippen molar-refractivity contribution in [2.24, 2.45) is 5.92 Å². The molecule has 0 fully saturated rings. The third-order valence-electron chi connectivity index (χ3n) is 2.77. The summed E-state index contributed by atoms with van der Waals surface area (Å²) < 4.78 is 6.46. The predicted octanol–water partition coefficient (Wildman–Crippen LogP) is 3.58. The van der Waals surface area contributed by atoms with Crippen molar-refractivity contribution >= 4 is 21.7 Å². The maximum absolute atomic E-state index is 5.50. The number of nitrogens with one attached hydrogen (secondary N) is 1. The summed E-state index contributed by atoms with van der Waals surface area (Å²) in [5, 5.41) is 3.10. The first kappa shape index (κ1) is 15.4. The molecule has 18 heavy (non-hydrogen) atoms. The van der Waals surface area contributed by atoms with Crippen molar-refractivity contribution in [3.8, 4) is 0 Å². The Morgan fingerprint density at radius 3 is 2.44 bits per heavy atom. The number of aromatic nitrogens is 2. The lowest BCUT2D eigenvalue weighted by Gasteiger charge is -2.20. The highest BCUT2D eigenvalue weighted by Gasteiger charge is 2.21. The number of ether oxygens (including phenoxy) is 1. The number of nitrogens with zero attached hydrogens (tertiary/aromatic N) is 2. The molecule has 0 radical (unpaired) electrons. The van der Waals surface area contributed by atoms with Crippen LogP contribution in [0.2, 0.25) is 0 Å². The minimum Gasteiger partial charge on any atom is -0.373 e. The van der Waals surface area contributed by atoms with Gasteiger partial charge in [0.25, 0.3) is 0 Å². The molecule has 0 saturated carbocycles. The minimum atomic E-state index is -0.0687. The Bertz CT molecular complexity index is 396. The number of halogens is 1. The fourth-order valence-corrected chi connectivity index (χ4v) is 2.46. The quantitative estimate of drug-likeness (QED) is 0.871. The second-order valence-corrected chi connectivity index (χ2v) is 5.38. The zero-order valence-electron chi connectivity index (χ0n) is 11.7. The van der Waals surface area contributed by atoms with E-state index in [4.69, 9.17) is 4.74 Å². The first-order chi connectivity index (χ1) is 8.54. The first-order valence-electron chi connectivity index (χ1n) is 6.31. The van der Waals surface area contributed by atoms with E-state index in [0.717, 1.165) is 34.7 Å². The van der Waals surface area contributed by atoms with Gasteiger partial charge < -0.3 is 10.1 Å². The van der Waals surface area contributed by atoms with Crippen LogP contribution < -0.4 is 5.32 Å². The maximum Gasteiger partial charge on any atom is 0.160 e. The van der Waals surface area contributed by atoms with Crippen LogP contribution in [0.5, 0.6) is 0 Å². The fraction of sp³-hybridized carbons (Fsp3) is 0.692. The lowest BCUT2D eigenvalue weighted by Crippen LogP contribution is -2.15. The Balaban J connectivity index is 3.23. The Kier molecular flexibility index (Phi) is 6.02. The van der Waals surface area contributed by atoms with E-state index in [9.17, 15) is 0 Å². The third-order valence-corrected chi connectivity index (χ3v) is 3.61. The van der Waals surface area contributed by atoms with Crippen LogP contribution in [-0.4, -0.2) is 24.1 Å². The average Bonchev–Trinajstić information content (AvgIpc) is 2.33. The van der Waals surface area contributed by atoms with Gasteiger partial charge in [-0.3, -0.25) is 0 Å². The lowest BCUT2D eigenvalue weighted by atomic mass is 10.1. The molecule has 0 spiro atoms. The summed E-state index contributed by atoms with van der Waals surface area (Å²) in [6.45, 7) is 6.36. The van der Waals surface area contributed by atoms with Crippen LogP contribution in [0.15, 0.2) is 4.47 Å². The normalized spacial score (nSPS) is 12.8. The molecule has 0 amide bonds. The van der Waals surface area contributed by atoms with E-state index in [1.807, 2.05) is 7.05 Å². The molecular formula is C13H22BrN3O. The van der Waals surface area contributed by atoms with E-state index in [-0.39, 0.29) is 6.10 Å². The summed E-state index contributed by atoms with van der Waals surface area (Å²) in [5.74, 6) is 1.92. The Morgan fingerprint density at radius 1 is 1.33 bits per heavy atom. The first-order valence-corrected chi connectivity index (χ1v) is 7.11. The molecule has 1 aromatic heterocycles. The zero-order chi connectivity index (χ0) is 13.7. The van der Waals surface area contributed by atoms with Gasteiger partial charge in [-0.2, -0.15) is 0 Å². The molecule has 0 aliphatic rings. The average molecular weight is 316 g/mol. The van der Waals surface area contributed by atoms with Crippen molar-refractivity contribution in [1.29, 1.82) is 0 Å². The highest BCUT2D eigenvalue weighted by Crippen LogP contribution is 2.29. The molecule has 1 rings (SSSR count). The summed E-state index contributed by atoms with van der Waals surface area (Å²) in [7, 11) is 3.57. The van der Waals surface area contributed by atoms with Crippen molar-refractivity contribution in [3.63, 3.8) is 0 Å². The van der Waals surface area contributed by atoms with Gasteiger partial charge in [-0.1, -0.05) is 27.2 Å². The van der Waals surface area contributed by atoms with E-state index >= 15 is 0 Å². The SMILES string of the molecule is CCCc1nc(C(OC)C(C)C)nc(NC)c1Br. The van der Waals surface area contributed by atoms with Gasteiger partial charge in [0.15, 0.2) is 5.82 Å². The molecule has 1 heterocycles. The number of hydrogen-bond donors (Lipinski definition) is 1. The van der Waals surface area contributed by atoms with Gasteiger partial charge in [0.2, 0.25) is 0 Å². The fourth-order valence-electron chi connectivity index (χ4n) is 1.88. The zero-order valence-corrected chi connectivity index (χ0v) is 13.3. The lowest BCUT2D eigenvalue weighted by molar-refractivity contribution is 0.0573. The maximum atomic E-state index is 5.50. The second kappa shape index (κ2) is 7.04. The van der Waals surface area contributed by atoms with Crippen molar-refractivity contribution in [1.82, 2.24) is 9.97 Å². The van der Waals surface area contributed by atoms with Gasteiger partial charge >= 0.3 is 0 Å². The van der Waals surface area contributed by atoms with Crippen LogP contribution in [0.4, 0.5) is 5.82 Å². The summed E-state index contributed by atoms with van der Waals surface area (Å²) >= 11 is 3.56. The molecular weight excluding hydrogens is 294 g/mol. The molecule has 0 aliphatic heterocycles. The van der Waals surface area contributed by atoms with Crippen molar-refractivity contribution < 1.29 is 4.74 Å². The standard InChI is InChI=1S/C13H22BrN3O/c1-6-7-9-10(14)12(15-4)17-13(16-9)11(18-5)8(2)3/h8,11H,6-7H2,1-5H3,(H,15,16,17).